The van der Waals surface area contributed by atoms with Crippen LogP contribution in [0.5, 0.6) is 0 Å². The van der Waals surface area contributed by atoms with Crippen LogP contribution in [0, 0.1) is 5.92 Å². The molecule has 23 heavy (non-hydrogen) atoms. The van der Waals surface area contributed by atoms with Crippen LogP contribution in [0.2, 0.25) is 0 Å². The summed E-state index contributed by atoms with van der Waals surface area (Å²) >= 11 is 0. The molecular weight excluding hydrogens is 315 g/mol. The third-order valence-electron chi connectivity index (χ3n) is 2.97. The average Bonchev–Trinajstić information content (AvgIpc) is 2.39. The van der Waals surface area contributed by atoms with Crippen LogP contribution in [0.4, 0.5) is 23.7 Å². The van der Waals surface area contributed by atoms with Crippen molar-refractivity contribution >= 4 is 11.7 Å². The second-order valence-corrected chi connectivity index (χ2v) is 5.50. The van der Waals surface area contributed by atoms with Crippen LogP contribution in [-0.2, 0) is 6.54 Å². The molecule has 0 aromatic carbocycles. The van der Waals surface area contributed by atoms with Crippen molar-refractivity contribution in [2.75, 3.05) is 11.9 Å². The molecule has 1 aromatic rings. The van der Waals surface area contributed by atoms with Gasteiger partial charge in [0.05, 0.1) is 6.10 Å². The average molecular weight is 335 g/mol. The standard InChI is InChI=1S/C14H20F3N3O3/c1-9(6-10(2)21)7-18-13(23)19-11-4-3-5-20(12(11)22)8-14(15,16)17/h3-5,9-10,21H,6-8H2,1-2H3,(H2,18,19,23). The minimum atomic E-state index is -4.53. The number of amides is 2. The molecule has 6 nitrogen and oxygen atoms in total. The lowest BCUT2D eigenvalue weighted by atomic mass is 10.1. The van der Waals surface area contributed by atoms with Crippen molar-refractivity contribution in [3.8, 4) is 0 Å². The number of rotatable bonds is 6. The SMILES string of the molecule is CC(O)CC(C)CNC(=O)Nc1cccn(CC(F)(F)F)c1=O. The molecule has 0 saturated carbocycles. The predicted molar refractivity (Wildman–Crippen MR) is 79.2 cm³/mol. The number of carbonyl (C=O) groups is 1. The van der Waals surface area contributed by atoms with Gasteiger partial charge >= 0.3 is 12.2 Å². The Morgan fingerprint density at radius 2 is 2.04 bits per heavy atom. The summed E-state index contributed by atoms with van der Waals surface area (Å²) in [6, 6.07) is 1.79. The number of anilines is 1. The highest BCUT2D eigenvalue weighted by Crippen LogP contribution is 2.16. The summed E-state index contributed by atoms with van der Waals surface area (Å²) in [6.45, 7) is 2.30. The van der Waals surface area contributed by atoms with Gasteiger partial charge in [0.15, 0.2) is 0 Å². The van der Waals surface area contributed by atoms with Gasteiger partial charge in [-0.25, -0.2) is 4.79 Å². The van der Waals surface area contributed by atoms with Crippen LogP contribution < -0.4 is 16.2 Å². The Kier molecular flexibility index (Phi) is 6.62. The van der Waals surface area contributed by atoms with Crippen LogP contribution in [0.15, 0.2) is 23.1 Å². The molecule has 130 valence electrons. The summed E-state index contributed by atoms with van der Waals surface area (Å²) < 4.78 is 37.5. The molecule has 2 atom stereocenters. The molecule has 9 heteroatoms. The van der Waals surface area contributed by atoms with E-state index in [4.69, 9.17) is 0 Å². The largest absolute Gasteiger partial charge is 0.406 e. The number of aliphatic hydroxyl groups excluding tert-OH is 1. The van der Waals surface area contributed by atoms with Gasteiger partial charge in [-0.2, -0.15) is 13.2 Å². The maximum absolute atomic E-state index is 12.3. The summed E-state index contributed by atoms with van der Waals surface area (Å²) in [5.74, 6) is 0.0124. The van der Waals surface area contributed by atoms with Crippen molar-refractivity contribution in [3.05, 3.63) is 28.7 Å². The van der Waals surface area contributed by atoms with Gasteiger partial charge in [-0.05, 0) is 31.4 Å². The van der Waals surface area contributed by atoms with Crippen molar-refractivity contribution < 1.29 is 23.1 Å². The van der Waals surface area contributed by atoms with E-state index in [1.807, 2.05) is 6.92 Å². The third kappa shape index (κ3) is 7.18. The maximum Gasteiger partial charge on any atom is 0.406 e. The zero-order valence-corrected chi connectivity index (χ0v) is 12.9. The highest BCUT2D eigenvalue weighted by atomic mass is 19.4. The lowest BCUT2D eigenvalue weighted by molar-refractivity contribution is -0.141. The molecule has 0 radical (unpaired) electrons. The van der Waals surface area contributed by atoms with E-state index in [-0.39, 0.29) is 18.2 Å². The smallest absolute Gasteiger partial charge is 0.393 e. The van der Waals surface area contributed by atoms with Crippen molar-refractivity contribution in [3.63, 3.8) is 0 Å². The van der Waals surface area contributed by atoms with Crippen LogP contribution in [0.1, 0.15) is 20.3 Å². The number of pyridine rings is 1. The fourth-order valence-electron chi connectivity index (χ4n) is 2.05. The highest BCUT2D eigenvalue weighted by Gasteiger charge is 2.28. The fourth-order valence-corrected chi connectivity index (χ4v) is 2.05. The predicted octanol–water partition coefficient (Wildman–Crippen LogP) is 1.94. The number of aliphatic hydroxyl groups is 1. The van der Waals surface area contributed by atoms with E-state index in [1.54, 1.807) is 6.92 Å². The van der Waals surface area contributed by atoms with Crippen molar-refractivity contribution in [2.24, 2.45) is 5.92 Å². The fraction of sp³-hybridized carbons (Fsp3) is 0.571. The molecule has 0 spiro atoms. The Hall–Kier alpha value is -2.03. The lowest BCUT2D eigenvalue weighted by Gasteiger charge is -2.15. The van der Waals surface area contributed by atoms with Crippen molar-refractivity contribution in [2.45, 2.75) is 39.1 Å². The molecule has 0 aliphatic carbocycles. The molecule has 1 heterocycles. The molecule has 2 amide bonds. The molecule has 0 fully saturated rings. The summed E-state index contributed by atoms with van der Waals surface area (Å²) in [4.78, 5) is 23.5. The Bertz CT molecular complexity index is 585. The van der Waals surface area contributed by atoms with E-state index in [0.29, 0.717) is 11.0 Å². The number of nitrogens with zero attached hydrogens (tertiary/aromatic N) is 1. The molecule has 3 N–H and O–H groups in total. The zero-order chi connectivity index (χ0) is 17.6. The van der Waals surface area contributed by atoms with Gasteiger partial charge in [0.1, 0.15) is 12.2 Å². The van der Waals surface area contributed by atoms with E-state index >= 15 is 0 Å². The molecular formula is C14H20F3N3O3. The van der Waals surface area contributed by atoms with Crippen LogP contribution >= 0.6 is 0 Å². The molecule has 2 unspecified atom stereocenters. The van der Waals surface area contributed by atoms with Crippen molar-refractivity contribution in [1.29, 1.82) is 0 Å². The number of hydrogen-bond acceptors (Lipinski definition) is 3. The number of carbonyl (C=O) groups excluding carboxylic acids is 1. The third-order valence-corrected chi connectivity index (χ3v) is 2.97. The second kappa shape index (κ2) is 8.00. The van der Waals surface area contributed by atoms with E-state index in [1.165, 1.54) is 12.1 Å². The normalized spacial score (nSPS) is 14.2. The first-order chi connectivity index (χ1) is 10.6. The van der Waals surface area contributed by atoms with Gasteiger partial charge < -0.3 is 20.3 Å². The van der Waals surface area contributed by atoms with E-state index in [9.17, 15) is 27.9 Å². The van der Waals surface area contributed by atoms with Gasteiger partial charge in [-0.1, -0.05) is 6.92 Å². The van der Waals surface area contributed by atoms with Crippen LogP contribution in [0.3, 0.4) is 0 Å². The van der Waals surface area contributed by atoms with Gasteiger partial charge in [0.2, 0.25) is 0 Å². The van der Waals surface area contributed by atoms with Crippen LogP contribution in [0.25, 0.3) is 0 Å². The first-order valence-electron chi connectivity index (χ1n) is 7.07. The Morgan fingerprint density at radius 3 is 2.61 bits per heavy atom. The van der Waals surface area contributed by atoms with E-state index in [0.717, 1.165) is 6.20 Å². The first kappa shape index (κ1) is 19.0. The number of alkyl halides is 3. The topological polar surface area (TPSA) is 83.4 Å². The summed E-state index contributed by atoms with van der Waals surface area (Å²) in [7, 11) is 0. The van der Waals surface area contributed by atoms with Crippen LogP contribution in [-0.4, -0.2) is 34.5 Å². The Labute approximate surface area is 131 Å². The first-order valence-corrected chi connectivity index (χ1v) is 7.07. The monoisotopic (exact) mass is 335 g/mol. The number of halogens is 3. The molecule has 0 aliphatic rings. The molecule has 1 aromatic heterocycles. The second-order valence-electron chi connectivity index (χ2n) is 5.50. The summed E-state index contributed by atoms with van der Waals surface area (Å²) in [5, 5.41) is 14.0. The van der Waals surface area contributed by atoms with Gasteiger partial charge in [0, 0.05) is 12.7 Å². The number of urea groups is 1. The number of nitrogens with one attached hydrogen (secondary N) is 2. The summed E-state index contributed by atoms with van der Waals surface area (Å²) in [6.07, 6.45) is -3.53. The molecule has 0 saturated heterocycles. The highest BCUT2D eigenvalue weighted by molar-refractivity contribution is 5.88. The number of hydrogen-bond donors (Lipinski definition) is 3. The van der Waals surface area contributed by atoms with E-state index in [2.05, 4.69) is 10.6 Å². The Morgan fingerprint density at radius 1 is 1.39 bits per heavy atom. The van der Waals surface area contributed by atoms with Gasteiger partial charge in [-0.15, -0.1) is 0 Å². The van der Waals surface area contributed by atoms with Gasteiger partial charge in [0.25, 0.3) is 5.56 Å². The quantitative estimate of drug-likeness (QED) is 0.743. The van der Waals surface area contributed by atoms with E-state index < -0.39 is 30.4 Å². The van der Waals surface area contributed by atoms with Gasteiger partial charge in [-0.3, -0.25) is 4.79 Å². The minimum absolute atomic E-state index is 0.0124. The molecule has 0 aliphatic heterocycles. The maximum atomic E-state index is 12.3. The summed E-state index contributed by atoms with van der Waals surface area (Å²) in [5.41, 5.74) is -1.17. The van der Waals surface area contributed by atoms with Crippen molar-refractivity contribution in [1.82, 2.24) is 9.88 Å². The minimum Gasteiger partial charge on any atom is -0.393 e. The number of aromatic nitrogens is 1. The molecule has 0 bridgehead atoms. The zero-order valence-electron chi connectivity index (χ0n) is 12.9. The Balaban J connectivity index is 2.65. The lowest BCUT2D eigenvalue weighted by Crippen LogP contribution is -2.36. The molecule has 1 rings (SSSR count).